The Labute approximate surface area is 132 Å². The summed E-state index contributed by atoms with van der Waals surface area (Å²) >= 11 is 11.6. The van der Waals surface area contributed by atoms with Gasteiger partial charge in [-0.25, -0.2) is 0 Å². The van der Waals surface area contributed by atoms with Crippen molar-refractivity contribution < 1.29 is 4.79 Å². The molecule has 0 atom stereocenters. The fourth-order valence-electron chi connectivity index (χ4n) is 2.11. The zero-order chi connectivity index (χ0) is 14.8. The van der Waals surface area contributed by atoms with Crippen LogP contribution in [0.3, 0.4) is 0 Å². The van der Waals surface area contributed by atoms with Gasteiger partial charge in [-0.1, -0.05) is 19.1 Å². The van der Waals surface area contributed by atoms with E-state index < -0.39 is 0 Å². The number of hydrogen-bond donors (Lipinski definition) is 0. The summed E-state index contributed by atoms with van der Waals surface area (Å²) in [7, 11) is 0. The van der Waals surface area contributed by atoms with E-state index in [1.54, 1.807) is 0 Å². The molecule has 0 saturated heterocycles. The Morgan fingerprint density at radius 3 is 2.20 bits per heavy atom. The number of hydrogen-bond acceptors (Lipinski definition) is 2. The molecule has 0 bridgehead atoms. The molecular weight excluding hydrogens is 293 g/mol. The first-order valence-electron chi connectivity index (χ1n) is 7.18. The molecule has 0 aliphatic rings. The van der Waals surface area contributed by atoms with Crippen LogP contribution in [0.15, 0.2) is 24.3 Å². The van der Waals surface area contributed by atoms with Crippen molar-refractivity contribution in [3.8, 4) is 0 Å². The minimum absolute atomic E-state index is 0.344. The number of ketones is 1. The van der Waals surface area contributed by atoms with E-state index in [9.17, 15) is 4.79 Å². The largest absolute Gasteiger partial charge is 0.369 e. The predicted octanol–water partition coefficient (Wildman–Crippen LogP) is 4.27. The third-order valence-electron chi connectivity index (χ3n) is 3.33. The van der Waals surface area contributed by atoms with Gasteiger partial charge in [-0.05, 0) is 30.5 Å². The van der Waals surface area contributed by atoms with E-state index in [4.69, 9.17) is 23.2 Å². The number of Topliss-reactive ketones (excluding diaryl/α,β-unsaturated/α-hetero) is 1. The van der Waals surface area contributed by atoms with Crippen LogP contribution in [0.5, 0.6) is 0 Å². The standard InChI is InChI=1S/C16H23Cl2NO/c1-2-16(20)5-3-4-14-6-8-15(9-7-14)19(12-10-17)13-11-18/h6-9H,2-5,10-13H2,1H3. The minimum atomic E-state index is 0.344. The van der Waals surface area contributed by atoms with E-state index in [0.717, 1.165) is 31.6 Å². The van der Waals surface area contributed by atoms with Gasteiger partial charge in [0.1, 0.15) is 5.78 Å². The van der Waals surface area contributed by atoms with E-state index in [-0.39, 0.29) is 0 Å². The normalized spacial score (nSPS) is 10.6. The number of rotatable bonds is 10. The first-order valence-corrected chi connectivity index (χ1v) is 8.25. The lowest BCUT2D eigenvalue weighted by Gasteiger charge is -2.23. The molecule has 20 heavy (non-hydrogen) atoms. The molecular formula is C16H23Cl2NO. The number of carbonyl (C=O) groups is 1. The van der Waals surface area contributed by atoms with Gasteiger partial charge in [-0.15, -0.1) is 23.2 Å². The highest BCUT2D eigenvalue weighted by molar-refractivity contribution is 6.18. The zero-order valence-electron chi connectivity index (χ0n) is 12.1. The molecule has 0 spiro atoms. The van der Waals surface area contributed by atoms with Gasteiger partial charge in [-0.3, -0.25) is 4.79 Å². The molecule has 1 aromatic rings. The number of aryl methyl sites for hydroxylation is 1. The fraction of sp³-hybridized carbons (Fsp3) is 0.562. The average molecular weight is 316 g/mol. The lowest BCUT2D eigenvalue weighted by molar-refractivity contribution is -0.118. The Morgan fingerprint density at radius 2 is 1.70 bits per heavy atom. The Kier molecular flexibility index (Phi) is 8.72. The van der Waals surface area contributed by atoms with Crippen LogP contribution < -0.4 is 4.90 Å². The molecule has 0 saturated carbocycles. The van der Waals surface area contributed by atoms with Crippen LogP contribution in [0.1, 0.15) is 31.7 Å². The van der Waals surface area contributed by atoms with Gasteiger partial charge in [0.25, 0.3) is 0 Å². The molecule has 0 aromatic heterocycles. The van der Waals surface area contributed by atoms with Crippen LogP contribution in [-0.2, 0) is 11.2 Å². The summed E-state index contributed by atoms with van der Waals surface area (Å²) in [5, 5.41) is 0. The summed E-state index contributed by atoms with van der Waals surface area (Å²) in [5.41, 5.74) is 2.43. The van der Waals surface area contributed by atoms with Crippen molar-refractivity contribution in [1.29, 1.82) is 0 Å². The van der Waals surface area contributed by atoms with E-state index in [0.29, 0.717) is 30.4 Å². The predicted molar refractivity (Wildman–Crippen MR) is 88.3 cm³/mol. The van der Waals surface area contributed by atoms with E-state index in [1.807, 2.05) is 6.92 Å². The molecule has 0 heterocycles. The molecule has 1 aromatic carbocycles. The van der Waals surface area contributed by atoms with Gasteiger partial charge >= 0.3 is 0 Å². The second kappa shape index (κ2) is 10.1. The molecule has 0 amide bonds. The summed E-state index contributed by atoms with van der Waals surface area (Å²) < 4.78 is 0. The van der Waals surface area contributed by atoms with Crippen LogP contribution in [0.2, 0.25) is 0 Å². The van der Waals surface area contributed by atoms with Gasteiger partial charge in [0, 0.05) is 43.4 Å². The third kappa shape index (κ3) is 6.15. The van der Waals surface area contributed by atoms with Crippen molar-refractivity contribution >= 4 is 34.7 Å². The van der Waals surface area contributed by atoms with Gasteiger partial charge in [0.15, 0.2) is 0 Å². The Morgan fingerprint density at radius 1 is 1.10 bits per heavy atom. The van der Waals surface area contributed by atoms with Gasteiger partial charge in [0.2, 0.25) is 0 Å². The summed E-state index contributed by atoms with van der Waals surface area (Å²) in [5.74, 6) is 1.53. The maximum absolute atomic E-state index is 11.3. The van der Waals surface area contributed by atoms with Crippen molar-refractivity contribution in [2.45, 2.75) is 32.6 Å². The van der Waals surface area contributed by atoms with Crippen molar-refractivity contribution in [2.75, 3.05) is 29.7 Å². The van der Waals surface area contributed by atoms with Crippen LogP contribution >= 0.6 is 23.2 Å². The average Bonchev–Trinajstić information content (AvgIpc) is 2.47. The Bertz CT molecular complexity index is 386. The fourth-order valence-corrected chi connectivity index (χ4v) is 2.52. The van der Waals surface area contributed by atoms with Crippen molar-refractivity contribution in [1.82, 2.24) is 0 Å². The first-order chi connectivity index (χ1) is 9.71. The topological polar surface area (TPSA) is 20.3 Å². The second-order valence-corrected chi connectivity index (χ2v) is 5.53. The number of benzene rings is 1. The lowest BCUT2D eigenvalue weighted by Crippen LogP contribution is -2.27. The highest BCUT2D eigenvalue weighted by atomic mass is 35.5. The van der Waals surface area contributed by atoms with Crippen LogP contribution in [0.4, 0.5) is 5.69 Å². The summed E-state index contributed by atoms with van der Waals surface area (Å²) in [6.07, 6.45) is 3.21. The van der Waals surface area contributed by atoms with Crippen LogP contribution in [-0.4, -0.2) is 30.6 Å². The second-order valence-electron chi connectivity index (χ2n) is 4.78. The molecule has 0 N–H and O–H groups in total. The molecule has 2 nitrogen and oxygen atoms in total. The van der Waals surface area contributed by atoms with Crippen LogP contribution in [0.25, 0.3) is 0 Å². The number of carbonyl (C=O) groups excluding carboxylic acids is 1. The molecule has 1 rings (SSSR count). The van der Waals surface area contributed by atoms with Gasteiger partial charge in [-0.2, -0.15) is 0 Å². The van der Waals surface area contributed by atoms with Crippen molar-refractivity contribution in [2.24, 2.45) is 0 Å². The maximum atomic E-state index is 11.3. The third-order valence-corrected chi connectivity index (χ3v) is 3.66. The van der Waals surface area contributed by atoms with E-state index in [2.05, 4.69) is 29.2 Å². The maximum Gasteiger partial charge on any atom is 0.132 e. The smallest absolute Gasteiger partial charge is 0.132 e. The molecule has 0 aliphatic carbocycles. The highest BCUT2D eigenvalue weighted by Crippen LogP contribution is 2.17. The van der Waals surface area contributed by atoms with Crippen molar-refractivity contribution in [3.05, 3.63) is 29.8 Å². The zero-order valence-corrected chi connectivity index (χ0v) is 13.6. The summed E-state index contributed by atoms with van der Waals surface area (Å²) in [6.45, 7) is 3.52. The number of alkyl halides is 2. The Hall–Kier alpha value is -0.730. The highest BCUT2D eigenvalue weighted by Gasteiger charge is 2.05. The summed E-state index contributed by atoms with van der Waals surface area (Å²) in [6, 6.07) is 8.47. The van der Waals surface area contributed by atoms with E-state index in [1.165, 1.54) is 5.56 Å². The monoisotopic (exact) mass is 315 g/mol. The van der Waals surface area contributed by atoms with Crippen molar-refractivity contribution in [3.63, 3.8) is 0 Å². The first kappa shape index (κ1) is 17.3. The summed E-state index contributed by atoms with van der Waals surface area (Å²) in [4.78, 5) is 13.4. The van der Waals surface area contributed by atoms with Gasteiger partial charge in [0.05, 0.1) is 0 Å². The lowest BCUT2D eigenvalue weighted by atomic mass is 10.1. The molecule has 0 fully saturated rings. The Balaban J connectivity index is 2.51. The van der Waals surface area contributed by atoms with Gasteiger partial charge < -0.3 is 4.90 Å². The number of anilines is 1. The minimum Gasteiger partial charge on any atom is -0.369 e. The van der Waals surface area contributed by atoms with Crippen LogP contribution in [0, 0.1) is 0 Å². The molecule has 4 heteroatoms. The van der Waals surface area contributed by atoms with E-state index >= 15 is 0 Å². The number of nitrogens with zero attached hydrogens (tertiary/aromatic N) is 1. The molecule has 0 unspecified atom stereocenters. The molecule has 112 valence electrons. The SMILES string of the molecule is CCC(=O)CCCc1ccc(N(CCCl)CCCl)cc1. The quantitative estimate of drug-likeness (QED) is 0.601. The molecule has 0 aliphatic heterocycles. The number of halogens is 2. The molecule has 0 radical (unpaired) electrons.